The minimum absolute atomic E-state index is 0.684. The van der Waals surface area contributed by atoms with Gasteiger partial charge in [0.2, 0.25) is 0 Å². The highest BCUT2D eigenvalue weighted by atomic mass is 79.9. The van der Waals surface area contributed by atoms with E-state index in [1.54, 1.807) is 0 Å². The summed E-state index contributed by atoms with van der Waals surface area (Å²) in [6, 6.07) is 6.41. The van der Waals surface area contributed by atoms with Crippen molar-refractivity contribution in [1.82, 2.24) is 4.57 Å². The summed E-state index contributed by atoms with van der Waals surface area (Å²) >= 11 is 3.51. The highest BCUT2D eigenvalue weighted by Gasteiger charge is 2.06. The number of hydrogen-bond acceptors (Lipinski definition) is 1. The highest BCUT2D eigenvalue weighted by molar-refractivity contribution is 9.10. The Bertz CT molecular complexity index is 474. The van der Waals surface area contributed by atoms with E-state index < -0.39 is 0 Å². The van der Waals surface area contributed by atoms with Gasteiger partial charge in [-0.1, -0.05) is 22.9 Å². The average Bonchev–Trinajstić information content (AvgIpc) is 2.56. The van der Waals surface area contributed by atoms with Gasteiger partial charge in [-0.05, 0) is 30.2 Å². The predicted octanol–water partition coefficient (Wildman–Crippen LogP) is 2.92. The number of aromatic nitrogens is 1. The summed E-state index contributed by atoms with van der Waals surface area (Å²) in [5, 5.41) is 1.33. The largest absolute Gasteiger partial charge is 0.346 e. The van der Waals surface area contributed by atoms with Gasteiger partial charge < -0.3 is 10.3 Å². The van der Waals surface area contributed by atoms with Gasteiger partial charge in [-0.2, -0.15) is 0 Å². The molecule has 1 heterocycles. The third-order valence-corrected chi connectivity index (χ3v) is 3.17. The van der Waals surface area contributed by atoms with Gasteiger partial charge in [0.1, 0.15) is 0 Å². The molecular formula is C12H15BrN2. The van der Waals surface area contributed by atoms with E-state index in [0.29, 0.717) is 6.54 Å². The second-order valence-corrected chi connectivity index (χ2v) is 4.57. The number of aryl methyl sites for hydroxylation is 1. The summed E-state index contributed by atoms with van der Waals surface area (Å²) in [6.45, 7) is 3.75. The Morgan fingerprint density at radius 3 is 2.87 bits per heavy atom. The molecule has 0 atom stereocenters. The molecule has 0 aliphatic carbocycles. The van der Waals surface area contributed by atoms with Crippen LogP contribution in [0.5, 0.6) is 0 Å². The third-order valence-electron chi connectivity index (χ3n) is 2.68. The third kappa shape index (κ3) is 1.94. The molecule has 2 aromatic rings. The molecule has 0 fully saturated rings. The minimum Gasteiger partial charge on any atom is -0.346 e. The molecule has 0 unspecified atom stereocenters. The lowest BCUT2D eigenvalue weighted by atomic mass is 10.1. The minimum atomic E-state index is 0.684. The molecule has 1 aromatic carbocycles. The van der Waals surface area contributed by atoms with Crippen LogP contribution >= 0.6 is 15.9 Å². The van der Waals surface area contributed by atoms with Crippen molar-refractivity contribution in [2.24, 2.45) is 5.73 Å². The fourth-order valence-electron chi connectivity index (χ4n) is 1.95. The first kappa shape index (κ1) is 10.7. The Kier molecular flexibility index (Phi) is 3.12. The standard InChI is InChI=1S/C12H15BrN2/c1-2-9-8-15(6-5-14)12-4-3-10(13)7-11(9)12/h3-4,7-8H,2,5-6,14H2,1H3. The van der Waals surface area contributed by atoms with E-state index in [-0.39, 0.29) is 0 Å². The maximum atomic E-state index is 5.60. The molecule has 0 aliphatic heterocycles. The molecule has 2 nitrogen and oxygen atoms in total. The van der Waals surface area contributed by atoms with E-state index in [2.05, 4.69) is 51.8 Å². The van der Waals surface area contributed by atoms with Gasteiger partial charge in [-0.25, -0.2) is 0 Å². The fourth-order valence-corrected chi connectivity index (χ4v) is 2.31. The van der Waals surface area contributed by atoms with Gasteiger partial charge in [0.15, 0.2) is 0 Å². The van der Waals surface area contributed by atoms with Crippen molar-refractivity contribution >= 4 is 26.8 Å². The number of benzene rings is 1. The Labute approximate surface area is 98.2 Å². The molecule has 0 spiro atoms. The van der Waals surface area contributed by atoms with Gasteiger partial charge in [0.05, 0.1) is 0 Å². The summed E-state index contributed by atoms with van der Waals surface area (Å²) < 4.78 is 3.37. The molecule has 2 rings (SSSR count). The van der Waals surface area contributed by atoms with Crippen LogP contribution in [0, 0.1) is 0 Å². The van der Waals surface area contributed by atoms with E-state index in [9.17, 15) is 0 Å². The van der Waals surface area contributed by atoms with Crippen LogP contribution in [0.1, 0.15) is 12.5 Å². The lowest BCUT2D eigenvalue weighted by molar-refractivity contribution is 0.732. The fraction of sp³-hybridized carbons (Fsp3) is 0.333. The normalized spacial score (nSPS) is 11.1. The molecule has 3 heteroatoms. The number of rotatable bonds is 3. The van der Waals surface area contributed by atoms with Crippen LogP contribution in [0.3, 0.4) is 0 Å². The van der Waals surface area contributed by atoms with E-state index in [4.69, 9.17) is 5.73 Å². The van der Waals surface area contributed by atoms with Crippen LogP contribution in [0.4, 0.5) is 0 Å². The van der Waals surface area contributed by atoms with Crippen molar-refractivity contribution in [2.45, 2.75) is 19.9 Å². The van der Waals surface area contributed by atoms with Crippen LogP contribution in [0.25, 0.3) is 10.9 Å². The van der Waals surface area contributed by atoms with Crippen molar-refractivity contribution in [1.29, 1.82) is 0 Å². The Hall–Kier alpha value is -0.800. The molecule has 0 bridgehead atoms. The lowest BCUT2D eigenvalue weighted by Crippen LogP contribution is -2.08. The maximum absolute atomic E-state index is 5.60. The Balaban J connectivity index is 2.64. The van der Waals surface area contributed by atoms with Gasteiger partial charge in [-0.3, -0.25) is 0 Å². The monoisotopic (exact) mass is 266 g/mol. The van der Waals surface area contributed by atoms with Gasteiger partial charge in [0, 0.05) is 34.7 Å². The summed E-state index contributed by atoms with van der Waals surface area (Å²) in [5.41, 5.74) is 8.27. The van der Waals surface area contributed by atoms with Crippen LogP contribution in [-0.2, 0) is 13.0 Å². The smallest absolute Gasteiger partial charge is 0.0484 e. The van der Waals surface area contributed by atoms with E-state index >= 15 is 0 Å². The first-order chi connectivity index (χ1) is 7.26. The van der Waals surface area contributed by atoms with Crippen molar-refractivity contribution in [3.05, 3.63) is 34.4 Å². The van der Waals surface area contributed by atoms with E-state index in [1.807, 2.05) is 0 Å². The molecule has 0 amide bonds. The Morgan fingerprint density at radius 2 is 2.20 bits per heavy atom. The first-order valence-corrected chi connectivity index (χ1v) is 6.03. The SMILES string of the molecule is CCc1cn(CCN)c2ccc(Br)cc12. The van der Waals surface area contributed by atoms with Crippen LogP contribution in [-0.4, -0.2) is 11.1 Å². The predicted molar refractivity (Wildman–Crippen MR) is 68.1 cm³/mol. The number of hydrogen-bond donors (Lipinski definition) is 1. The summed E-state index contributed by atoms with van der Waals surface area (Å²) in [5.74, 6) is 0. The maximum Gasteiger partial charge on any atom is 0.0484 e. The zero-order valence-electron chi connectivity index (χ0n) is 8.83. The number of fused-ring (bicyclic) bond motifs is 1. The summed E-state index contributed by atoms with van der Waals surface area (Å²) in [7, 11) is 0. The quantitative estimate of drug-likeness (QED) is 0.910. The van der Waals surface area contributed by atoms with E-state index in [1.165, 1.54) is 16.5 Å². The topological polar surface area (TPSA) is 30.9 Å². The van der Waals surface area contributed by atoms with E-state index in [0.717, 1.165) is 17.4 Å². The van der Waals surface area contributed by atoms with Crippen molar-refractivity contribution in [3.8, 4) is 0 Å². The molecule has 15 heavy (non-hydrogen) atoms. The second-order valence-electron chi connectivity index (χ2n) is 3.65. The molecule has 80 valence electrons. The molecule has 0 saturated heterocycles. The summed E-state index contributed by atoms with van der Waals surface area (Å²) in [4.78, 5) is 0. The number of nitrogens with zero attached hydrogens (tertiary/aromatic N) is 1. The first-order valence-electron chi connectivity index (χ1n) is 5.23. The molecule has 1 aromatic heterocycles. The summed E-state index contributed by atoms with van der Waals surface area (Å²) in [6.07, 6.45) is 3.27. The molecule has 2 N–H and O–H groups in total. The molecule has 0 saturated carbocycles. The van der Waals surface area contributed by atoms with Crippen LogP contribution in [0.15, 0.2) is 28.9 Å². The van der Waals surface area contributed by atoms with Crippen molar-refractivity contribution in [3.63, 3.8) is 0 Å². The second kappa shape index (κ2) is 4.37. The van der Waals surface area contributed by atoms with Crippen LogP contribution < -0.4 is 5.73 Å². The molecule has 0 aliphatic rings. The molecular weight excluding hydrogens is 252 g/mol. The average molecular weight is 267 g/mol. The zero-order valence-corrected chi connectivity index (χ0v) is 10.4. The highest BCUT2D eigenvalue weighted by Crippen LogP contribution is 2.25. The molecule has 0 radical (unpaired) electrons. The number of halogens is 1. The van der Waals surface area contributed by atoms with Gasteiger partial charge >= 0.3 is 0 Å². The van der Waals surface area contributed by atoms with Gasteiger partial charge in [0.25, 0.3) is 0 Å². The number of nitrogens with two attached hydrogens (primary N) is 1. The Morgan fingerprint density at radius 1 is 1.40 bits per heavy atom. The lowest BCUT2D eigenvalue weighted by Gasteiger charge is -2.02. The zero-order chi connectivity index (χ0) is 10.8. The van der Waals surface area contributed by atoms with Crippen molar-refractivity contribution in [2.75, 3.05) is 6.54 Å². The van der Waals surface area contributed by atoms with Crippen LogP contribution in [0.2, 0.25) is 0 Å². The van der Waals surface area contributed by atoms with Gasteiger partial charge in [-0.15, -0.1) is 0 Å². The van der Waals surface area contributed by atoms with Crippen molar-refractivity contribution < 1.29 is 0 Å².